The number of nitrogens with zero attached hydrogens (tertiary/aromatic N) is 2. The summed E-state index contributed by atoms with van der Waals surface area (Å²) in [4.78, 5) is 28.7. The number of amides is 2. The summed E-state index contributed by atoms with van der Waals surface area (Å²) in [5, 5.41) is 0. The van der Waals surface area contributed by atoms with E-state index in [4.69, 9.17) is 4.74 Å². The maximum absolute atomic E-state index is 13.2. The van der Waals surface area contributed by atoms with E-state index in [1.807, 2.05) is 4.90 Å². The normalized spacial score (nSPS) is 21.6. The molecule has 3 rings (SSSR count). The van der Waals surface area contributed by atoms with Gasteiger partial charge in [0.15, 0.2) is 0 Å². The number of carbonyl (C=O) groups excluding carboxylic acids is 2. The van der Waals surface area contributed by atoms with Gasteiger partial charge in [0.1, 0.15) is 5.82 Å². The highest BCUT2D eigenvalue weighted by molar-refractivity contribution is 5.82. The zero-order chi connectivity index (χ0) is 16.9. The van der Waals surface area contributed by atoms with Crippen LogP contribution in [0.3, 0.4) is 0 Å². The van der Waals surface area contributed by atoms with Gasteiger partial charge in [-0.3, -0.25) is 9.59 Å². The number of carbonyl (C=O) groups is 2. The van der Waals surface area contributed by atoms with Gasteiger partial charge < -0.3 is 14.5 Å². The second-order valence-electron chi connectivity index (χ2n) is 6.42. The third-order valence-electron chi connectivity index (χ3n) is 4.69. The minimum Gasteiger partial charge on any atom is -0.378 e. The number of halogens is 1. The summed E-state index contributed by atoms with van der Waals surface area (Å²) in [6.45, 7) is 3.56. The number of hydrogen-bond donors (Lipinski definition) is 0. The number of piperidine rings is 1. The molecule has 2 amide bonds. The van der Waals surface area contributed by atoms with Crippen LogP contribution in [-0.4, -0.2) is 61.0 Å². The average Bonchev–Trinajstić information content (AvgIpc) is 2.62. The summed E-state index contributed by atoms with van der Waals surface area (Å²) in [6.07, 6.45) is 1.83. The van der Waals surface area contributed by atoms with E-state index in [0.717, 1.165) is 12.8 Å². The lowest BCUT2D eigenvalue weighted by Gasteiger charge is -2.36. The molecule has 1 aromatic rings. The summed E-state index contributed by atoms with van der Waals surface area (Å²) in [5.74, 6) is -0.380. The van der Waals surface area contributed by atoms with E-state index in [0.29, 0.717) is 45.0 Å². The molecule has 24 heavy (non-hydrogen) atoms. The lowest BCUT2D eigenvalue weighted by Crippen LogP contribution is -2.49. The third kappa shape index (κ3) is 4.12. The van der Waals surface area contributed by atoms with Gasteiger partial charge in [0.2, 0.25) is 11.8 Å². The fourth-order valence-electron chi connectivity index (χ4n) is 3.38. The average molecular weight is 334 g/mol. The van der Waals surface area contributed by atoms with Crippen LogP contribution in [0.4, 0.5) is 4.39 Å². The largest absolute Gasteiger partial charge is 0.378 e. The molecule has 2 aliphatic heterocycles. The molecule has 1 atom stereocenters. The van der Waals surface area contributed by atoms with E-state index in [9.17, 15) is 14.0 Å². The van der Waals surface area contributed by atoms with Crippen LogP contribution in [-0.2, 0) is 20.7 Å². The van der Waals surface area contributed by atoms with Crippen LogP contribution in [0, 0.1) is 11.7 Å². The molecule has 1 unspecified atom stereocenters. The molecule has 2 saturated heterocycles. The predicted molar refractivity (Wildman–Crippen MR) is 86.8 cm³/mol. The molecule has 0 aromatic heterocycles. The molecule has 0 aliphatic carbocycles. The van der Waals surface area contributed by atoms with Crippen LogP contribution in [0.1, 0.15) is 18.4 Å². The van der Waals surface area contributed by atoms with Crippen LogP contribution in [0.2, 0.25) is 0 Å². The standard InChI is InChI=1S/C18H23FN2O3/c19-16-5-1-3-14(11-16)12-17(22)21-6-2-4-15(13-21)18(23)20-7-9-24-10-8-20/h1,3,5,11,15H,2,4,6-10,12-13H2. The number of ether oxygens (including phenoxy) is 1. The van der Waals surface area contributed by atoms with Gasteiger partial charge in [0, 0.05) is 26.2 Å². The molecule has 5 nitrogen and oxygen atoms in total. The Balaban J connectivity index is 1.58. The smallest absolute Gasteiger partial charge is 0.227 e. The minimum absolute atomic E-state index is 0.0416. The van der Waals surface area contributed by atoms with Crippen molar-refractivity contribution in [2.24, 2.45) is 5.92 Å². The van der Waals surface area contributed by atoms with Crippen LogP contribution in [0.15, 0.2) is 24.3 Å². The van der Waals surface area contributed by atoms with Crippen LogP contribution >= 0.6 is 0 Å². The maximum Gasteiger partial charge on any atom is 0.227 e. The predicted octanol–water partition coefficient (Wildman–Crippen LogP) is 1.47. The van der Waals surface area contributed by atoms with Gasteiger partial charge in [-0.1, -0.05) is 12.1 Å². The first-order chi connectivity index (χ1) is 11.6. The SMILES string of the molecule is O=C(Cc1cccc(F)c1)N1CCCC(C(=O)N2CCOCC2)C1. The van der Waals surface area contributed by atoms with Gasteiger partial charge in [-0.25, -0.2) is 4.39 Å². The van der Waals surface area contributed by atoms with Crippen LogP contribution < -0.4 is 0 Å². The lowest BCUT2D eigenvalue weighted by atomic mass is 9.95. The highest BCUT2D eigenvalue weighted by Gasteiger charge is 2.31. The molecule has 2 fully saturated rings. The molecule has 0 spiro atoms. The topological polar surface area (TPSA) is 49.9 Å². The van der Waals surface area contributed by atoms with Crippen molar-refractivity contribution in [3.8, 4) is 0 Å². The van der Waals surface area contributed by atoms with Crippen LogP contribution in [0.25, 0.3) is 0 Å². The van der Waals surface area contributed by atoms with Crippen molar-refractivity contribution in [2.45, 2.75) is 19.3 Å². The lowest BCUT2D eigenvalue weighted by molar-refractivity contribution is -0.143. The minimum atomic E-state index is -0.334. The molecular weight excluding hydrogens is 311 g/mol. The van der Waals surface area contributed by atoms with Crippen molar-refractivity contribution in [1.82, 2.24) is 9.80 Å². The van der Waals surface area contributed by atoms with E-state index < -0.39 is 0 Å². The van der Waals surface area contributed by atoms with Crippen molar-refractivity contribution in [3.05, 3.63) is 35.6 Å². The maximum atomic E-state index is 13.2. The number of likely N-dealkylation sites (tertiary alicyclic amines) is 1. The second kappa shape index (κ2) is 7.75. The molecule has 0 bridgehead atoms. The fraction of sp³-hybridized carbons (Fsp3) is 0.556. The van der Waals surface area contributed by atoms with E-state index in [1.54, 1.807) is 17.0 Å². The first kappa shape index (κ1) is 16.9. The Hall–Kier alpha value is -1.95. The molecule has 0 N–H and O–H groups in total. The van der Waals surface area contributed by atoms with Gasteiger partial charge in [-0.05, 0) is 30.5 Å². The Morgan fingerprint density at radius 1 is 1.17 bits per heavy atom. The molecule has 130 valence electrons. The molecular formula is C18H23FN2O3. The monoisotopic (exact) mass is 334 g/mol. The fourth-order valence-corrected chi connectivity index (χ4v) is 3.38. The zero-order valence-corrected chi connectivity index (χ0v) is 13.7. The first-order valence-electron chi connectivity index (χ1n) is 8.52. The summed E-state index contributed by atoms with van der Waals surface area (Å²) < 4.78 is 18.5. The van der Waals surface area contributed by atoms with E-state index in [-0.39, 0.29) is 30.0 Å². The highest BCUT2D eigenvalue weighted by Crippen LogP contribution is 2.20. The van der Waals surface area contributed by atoms with Crippen molar-refractivity contribution in [1.29, 1.82) is 0 Å². The van der Waals surface area contributed by atoms with Gasteiger partial charge in [-0.2, -0.15) is 0 Å². The number of hydrogen-bond acceptors (Lipinski definition) is 3. The number of benzene rings is 1. The Bertz CT molecular complexity index is 602. The van der Waals surface area contributed by atoms with Crippen molar-refractivity contribution < 1.29 is 18.7 Å². The number of rotatable bonds is 3. The molecule has 2 aliphatic rings. The van der Waals surface area contributed by atoms with E-state index in [2.05, 4.69) is 0 Å². The zero-order valence-electron chi connectivity index (χ0n) is 13.7. The molecule has 1 aromatic carbocycles. The van der Waals surface area contributed by atoms with Crippen molar-refractivity contribution in [2.75, 3.05) is 39.4 Å². The molecule has 6 heteroatoms. The second-order valence-corrected chi connectivity index (χ2v) is 6.42. The Morgan fingerprint density at radius 3 is 2.71 bits per heavy atom. The van der Waals surface area contributed by atoms with Crippen molar-refractivity contribution in [3.63, 3.8) is 0 Å². The quantitative estimate of drug-likeness (QED) is 0.841. The third-order valence-corrected chi connectivity index (χ3v) is 4.69. The van der Waals surface area contributed by atoms with E-state index >= 15 is 0 Å². The Labute approximate surface area is 141 Å². The molecule has 2 heterocycles. The van der Waals surface area contributed by atoms with Gasteiger partial charge in [0.25, 0.3) is 0 Å². The van der Waals surface area contributed by atoms with Gasteiger partial charge in [0.05, 0.1) is 25.6 Å². The summed E-state index contributed by atoms with van der Waals surface area (Å²) in [7, 11) is 0. The Kier molecular flexibility index (Phi) is 5.45. The Morgan fingerprint density at radius 2 is 1.96 bits per heavy atom. The summed E-state index contributed by atoms with van der Waals surface area (Å²) in [6, 6.07) is 6.12. The molecule has 0 radical (unpaired) electrons. The van der Waals surface area contributed by atoms with Crippen molar-refractivity contribution >= 4 is 11.8 Å². The molecule has 0 saturated carbocycles. The van der Waals surface area contributed by atoms with Gasteiger partial charge in [-0.15, -0.1) is 0 Å². The number of morpholine rings is 1. The van der Waals surface area contributed by atoms with Gasteiger partial charge >= 0.3 is 0 Å². The first-order valence-corrected chi connectivity index (χ1v) is 8.52. The highest BCUT2D eigenvalue weighted by atomic mass is 19.1. The summed E-state index contributed by atoms with van der Waals surface area (Å²) in [5.41, 5.74) is 0.668. The van der Waals surface area contributed by atoms with Crippen LogP contribution in [0.5, 0.6) is 0 Å². The van der Waals surface area contributed by atoms with E-state index in [1.165, 1.54) is 12.1 Å². The summed E-state index contributed by atoms with van der Waals surface area (Å²) >= 11 is 0.